The highest BCUT2D eigenvalue weighted by Crippen LogP contribution is 2.26. The highest BCUT2D eigenvalue weighted by atomic mass is 32.2. The smallest absolute Gasteiger partial charge is 0.308 e. The van der Waals surface area contributed by atoms with E-state index in [9.17, 15) is 23.1 Å². The fourth-order valence-corrected chi connectivity index (χ4v) is 5.44. The zero-order chi connectivity index (χ0) is 19.6. The van der Waals surface area contributed by atoms with Gasteiger partial charge in [0.2, 0.25) is 15.9 Å². The molecule has 0 radical (unpaired) electrons. The van der Waals surface area contributed by atoms with Crippen molar-refractivity contribution in [3.8, 4) is 0 Å². The first-order chi connectivity index (χ1) is 12.8. The second-order valence-electron chi connectivity index (χ2n) is 7.32. The normalized spacial score (nSPS) is 23.7. The summed E-state index contributed by atoms with van der Waals surface area (Å²) in [5.41, 5.74) is 0.894. The standard InChI is InChI=1S/C19H26N2O5S/c1-14-17(19(23)24)10-13-21(14)18(22)9-6-15-4-7-16(8-5-15)27(25,26)20-11-2-3-12-20/h4-5,7-8,14,17H,2-3,6,9-13H2,1H3,(H,23,24). The Labute approximate surface area is 160 Å². The number of nitrogens with zero attached hydrogens (tertiary/aromatic N) is 2. The average Bonchev–Trinajstić information content (AvgIpc) is 3.30. The number of benzene rings is 1. The molecule has 1 N–H and O–H groups in total. The third-order valence-electron chi connectivity index (χ3n) is 5.65. The second-order valence-corrected chi connectivity index (χ2v) is 9.25. The maximum absolute atomic E-state index is 12.5. The molecule has 2 fully saturated rings. The number of hydrogen-bond acceptors (Lipinski definition) is 4. The van der Waals surface area contributed by atoms with E-state index in [1.807, 2.05) is 0 Å². The van der Waals surface area contributed by atoms with Gasteiger partial charge < -0.3 is 10.0 Å². The quantitative estimate of drug-likeness (QED) is 0.793. The van der Waals surface area contributed by atoms with E-state index in [4.69, 9.17) is 0 Å². The highest BCUT2D eigenvalue weighted by Gasteiger charge is 2.37. The molecule has 2 saturated heterocycles. The van der Waals surface area contributed by atoms with Crippen LogP contribution >= 0.6 is 0 Å². The number of carboxylic acids is 1. The molecule has 27 heavy (non-hydrogen) atoms. The fraction of sp³-hybridized carbons (Fsp3) is 0.579. The van der Waals surface area contributed by atoms with Gasteiger partial charge in [-0.25, -0.2) is 8.42 Å². The number of amides is 1. The summed E-state index contributed by atoms with van der Waals surface area (Å²) in [5.74, 6) is -1.41. The van der Waals surface area contributed by atoms with Gasteiger partial charge >= 0.3 is 5.97 Å². The molecule has 2 unspecified atom stereocenters. The Bertz CT molecular complexity index is 800. The SMILES string of the molecule is CC1C(C(=O)O)CCN1C(=O)CCc1ccc(S(=O)(=O)N2CCCC2)cc1. The number of rotatable bonds is 6. The molecule has 8 heteroatoms. The van der Waals surface area contributed by atoms with Crippen LogP contribution in [0.4, 0.5) is 0 Å². The molecular formula is C19H26N2O5S. The minimum atomic E-state index is -3.42. The van der Waals surface area contributed by atoms with Crippen LogP contribution in [-0.2, 0) is 26.0 Å². The first-order valence-corrected chi connectivity index (χ1v) is 10.9. The monoisotopic (exact) mass is 394 g/mol. The number of carbonyl (C=O) groups excluding carboxylic acids is 1. The molecule has 1 amide bonds. The Balaban J connectivity index is 1.57. The van der Waals surface area contributed by atoms with Gasteiger partial charge in [-0.15, -0.1) is 0 Å². The summed E-state index contributed by atoms with van der Waals surface area (Å²) >= 11 is 0. The van der Waals surface area contributed by atoms with Crippen molar-refractivity contribution in [3.05, 3.63) is 29.8 Å². The highest BCUT2D eigenvalue weighted by molar-refractivity contribution is 7.89. The zero-order valence-corrected chi connectivity index (χ0v) is 16.3. The summed E-state index contributed by atoms with van der Waals surface area (Å²) in [4.78, 5) is 25.5. The molecule has 3 rings (SSSR count). The summed E-state index contributed by atoms with van der Waals surface area (Å²) in [6.07, 6.45) is 3.08. The molecule has 0 saturated carbocycles. The van der Waals surface area contributed by atoms with Crippen LogP contribution in [0.1, 0.15) is 38.2 Å². The van der Waals surface area contributed by atoms with Crippen LogP contribution in [0.2, 0.25) is 0 Å². The Morgan fingerprint density at radius 3 is 2.30 bits per heavy atom. The lowest BCUT2D eigenvalue weighted by molar-refractivity contribution is -0.143. The van der Waals surface area contributed by atoms with Crippen molar-refractivity contribution in [2.75, 3.05) is 19.6 Å². The molecular weight excluding hydrogens is 368 g/mol. The first kappa shape index (κ1) is 19.8. The van der Waals surface area contributed by atoms with Crippen LogP contribution in [0.3, 0.4) is 0 Å². The topological polar surface area (TPSA) is 95.0 Å². The van der Waals surface area contributed by atoms with E-state index in [0.717, 1.165) is 18.4 Å². The molecule has 1 aromatic rings. The van der Waals surface area contributed by atoms with Crippen LogP contribution in [-0.4, -0.2) is 60.3 Å². The van der Waals surface area contributed by atoms with Gasteiger partial charge in [-0.05, 0) is 50.3 Å². The molecule has 148 valence electrons. The number of carbonyl (C=O) groups is 2. The third-order valence-corrected chi connectivity index (χ3v) is 7.56. The zero-order valence-electron chi connectivity index (χ0n) is 15.5. The molecule has 2 aliphatic rings. The van der Waals surface area contributed by atoms with Gasteiger partial charge in [0, 0.05) is 32.1 Å². The largest absolute Gasteiger partial charge is 0.481 e. The predicted octanol–water partition coefficient (Wildman–Crippen LogP) is 1.73. The van der Waals surface area contributed by atoms with E-state index in [2.05, 4.69) is 0 Å². The van der Waals surface area contributed by atoms with Gasteiger partial charge in [0.1, 0.15) is 0 Å². The fourth-order valence-electron chi connectivity index (χ4n) is 3.92. The van der Waals surface area contributed by atoms with Crippen LogP contribution in [0, 0.1) is 5.92 Å². The maximum atomic E-state index is 12.5. The Kier molecular flexibility index (Phi) is 5.86. The third kappa shape index (κ3) is 4.16. The van der Waals surface area contributed by atoms with E-state index in [-0.39, 0.29) is 23.3 Å². The summed E-state index contributed by atoms with van der Waals surface area (Å²) in [6.45, 7) is 3.40. The molecule has 1 aromatic carbocycles. The summed E-state index contributed by atoms with van der Waals surface area (Å²) in [6, 6.07) is 6.43. The van der Waals surface area contributed by atoms with Crippen molar-refractivity contribution in [2.24, 2.45) is 5.92 Å². The summed E-state index contributed by atoms with van der Waals surface area (Å²) < 4.78 is 26.6. The van der Waals surface area contributed by atoms with Crippen molar-refractivity contribution in [1.82, 2.24) is 9.21 Å². The molecule has 2 heterocycles. The van der Waals surface area contributed by atoms with Crippen molar-refractivity contribution < 1.29 is 23.1 Å². The van der Waals surface area contributed by atoms with E-state index in [1.165, 1.54) is 4.31 Å². The minimum Gasteiger partial charge on any atom is -0.481 e. The lowest BCUT2D eigenvalue weighted by Crippen LogP contribution is -2.37. The molecule has 7 nitrogen and oxygen atoms in total. The first-order valence-electron chi connectivity index (χ1n) is 9.42. The number of hydrogen-bond donors (Lipinski definition) is 1. The van der Waals surface area contributed by atoms with E-state index in [1.54, 1.807) is 36.1 Å². The van der Waals surface area contributed by atoms with Gasteiger partial charge in [-0.3, -0.25) is 9.59 Å². The van der Waals surface area contributed by atoms with Crippen molar-refractivity contribution in [1.29, 1.82) is 0 Å². The molecule has 0 spiro atoms. The summed E-state index contributed by atoms with van der Waals surface area (Å²) in [7, 11) is -3.42. The summed E-state index contributed by atoms with van der Waals surface area (Å²) in [5, 5.41) is 9.17. The van der Waals surface area contributed by atoms with Gasteiger partial charge in [-0.2, -0.15) is 4.31 Å². The van der Waals surface area contributed by atoms with Crippen molar-refractivity contribution in [3.63, 3.8) is 0 Å². The van der Waals surface area contributed by atoms with Crippen molar-refractivity contribution >= 4 is 21.9 Å². The van der Waals surface area contributed by atoms with E-state index in [0.29, 0.717) is 32.5 Å². The Morgan fingerprint density at radius 2 is 1.74 bits per heavy atom. The van der Waals surface area contributed by atoms with Gasteiger partial charge in [0.15, 0.2) is 0 Å². The number of sulfonamides is 1. The van der Waals surface area contributed by atoms with Gasteiger partial charge in [0.25, 0.3) is 0 Å². The Morgan fingerprint density at radius 1 is 1.11 bits per heavy atom. The molecule has 2 aliphatic heterocycles. The van der Waals surface area contributed by atoms with Crippen LogP contribution in [0.25, 0.3) is 0 Å². The van der Waals surface area contributed by atoms with E-state index >= 15 is 0 Å². The lowest BCUT2D eigenvalue weighted by Gasteiger charge is -2.23. The van der Waals surface area contributed by atoms with Gasteiger partial charge in [0.05, 0.1) is 10.8 Å². The maximum Gasteiger partial charge on any atom is 0.308 e. The predicted molar refractivity (Wildman–Crippen MR) is 99.7 cm³/mol. The Hall–Kier alpha value is -1.93. The number of aryl methyl sites for hydroxylation is 1. The van der Waals surface area contributed by atoms with Gasteiger partial charge in [-0.1, -0.05) is 12.1 Å². The van der Waals surface area contributed by atoms with Crippen LogP contribution < -0.4 is 0 Å². The van der Waals surface area contributed by atoms with E-state index < -0.39 is 21.9 Å². The number of aliphatic carboxylic acids is 1. The molecule has 0 aliphatic carbocycles. The average molecular weight is 394 g/mol. The lowest BCUT2D eigenvalue weighted by atomic mass is 10.0. The molecule has 2 atom stereocenters. The number of likely N-dealkylation sites (tertiary alicyclic amines) is 1. The van der Waals surface area contributed by atoms with Crippen LogP contribution in [0.5, 0.6) is 0 Å². The van der Waals surface area contributed by atoms with Crippen LogP contribution in [0.15, 0.2) is 29.2 Å². The minimum absolute atomic E-state index is 0.0555. The molecule has 0 aromatic heterocycles. The van der Waals surface area contributed by atoms with Crippen molar-refractivity contribution in [2.45, 2.75) is 50.0 Å². The second kappa shape index (κ2) is 7.98. The molecule has 0 bridgehead atoms. The number of carboxylic acid groups (broad SMARTS) is 1.